The fraction of sp³-hybridized carbons (Fsp3) is 0.296. The number of anilines is 1. The highest BCUT2D eigenvalue weighted by Gasteiger charge is 2.45. The summed E-state index contributed by atoms with van der Waals surface area (Å²) in [5.74, 6) is 0.282. The number of likely N-dealkylation sites (N-methyl/N-ethyl adjacent to an activating group) is 1. The number of nitrogens with zero attached hydrogens (tertiary/aromatic N) is 2. The summed E-state index contributed by atoms with van der Waals surface area (Å²) >= 11 is 0. The van der Waals surface area contributed by atoms with Crippen LogP contribution in [-0.4, -0.2) is 37.0 Å². The van der Waals surface area contributed by atoms with Gasteiger partial charge in [-0.1, -0.05) is 78.4 Å². The molecule has 0 aromatic heterocycles. The van der Waals surface area contributed by atoms with Crippen molar-refractivity contribution in [3.05, 3.63) is 101 Å². The summed E-state index contributed by atoms with van der Waals surface area (Å²) < 4.78 is 0. The number of fused-ring (bicyclic) bond motifs is 3. The molecule has 3 aromatic carbocycles. The third kappa shape index (κ3) is 3.23. The van der Waals surface area contributed by atoms with Crippen LogP contribution in [0.15, 0.2) is 78.9 Å². The van der Waals surface area contributed by atoms with Gasteiger partial charge in [0.2, 0.25) is 5.91 Å². The number of rotatable bonds is 3. The average Bonchev–Trinajstić information content (AvgIpc) is 3.08. The van der Waals surface area contributed by atoms with Gasteiger partial charge in [-0.05, 0) is 49.7 Å². The molecule has 2 aliphatic rings. The fourth-order valence-electron chi connectivity index (χ4n) is 5.28. The third-order valence-electron chi connectivity index (χ3n) is 6.70. The lowest BCUT2D eigenvalue weighted by molar-refractivity contribution is -0.119. The van der Waals surface area contributed by atoms with Gasteiger partial charge in [0, 0.05) is 24.2 Å². The van der Waals surface area contributed by atoms with Crippen LogP contribution < -0.4 is 4.90 Å². The van der Waals surface area contributed by atoms with Gasteiger partial charge in [-0.15, -0.1) is 0 Å². The van der Waals surface area contributed by atoms with E-state index in [2.05, 4.69) is 66.2 Å². The van der Waals surface area contributed by atoms with E-state index in [4.69, 9.17) is 0 Å². The maximum atomic E-state index is 14.2. The molecule has 3 aromatic rings. The van der Waals surface area contributed by atoms with Crippen LogP contribution in [0, 0.1) is 6.92 Å². The van der Waals surface area contributed by atoms with Crippen LogP contribution in [-0.2, 0) is 4.79 Å². The zero-order valence-corrected chi connectivity index (χ0v) is 17.7. The number of amides is 1. The van der Waals surface area contributed by atoms with Crippen LogP contribution in [0.3, 0.4) is 0 Å². The molecule has 5 rings (SSSR count). The normalized spacial score (nSPS) is 20.8. The van der Waals surface area contributed by atoms with E-state index in [9.17, 15) is 4.79 Å². The highest BCUT2D eigenvalue weighted by Crippen LogP contribution is 2.46. The van der Waals surface area contributed by atoms with Crippen molar-refractivity contribution >= 4 is 11.6 Å². The Balaban J connectivity index is 1.61. The van der Waals surface area contributed by atoms with Crippen molar-refractivity contribution in [2.45, 2.75) is 31.2 Å². The molecule has 1 amide bonds. The second-order valence-electron chi connectivity index (χ2n) is 8.75. The van der Waals surface area contributed by atoms with Gasteiger partial charge in [-0.2, -0.15) is 0 Å². The van der Waals surface area contributed by atoms with Crippen LogP contribution in [0.25, 0.3) is 0 Å². The molecule has 0 spiro atoms. The third-order valence-corrected chi connectivity index (χ3v) is 6.70. The predicted molar refractivity (Wildman–Crippen MR) is 122 cm³/mol. The topological polar surface area (TPSA) is 23.6 Å². The molecule has 0 aliphatic carbocycles. The first-order valence-electron chi connectivity index (χ1n) is 10.9. The van der Waals surface area contributed by atoms with Crippen molar-refractivity contribution in [1.82, 2.24) is 4.90 Å². The zero-order chi connectivity index (χ0) is 20.7. The Bertz CT molecular complexity index is 1010. The monoisotopic (exact) mass is 396 g/mol. The Morgan fingerprint density at radius 1 is 0.933 bits per heavy atom. The summed E-state index contributed by atoms with van der Waals surface area (Å²) in [7, 11) is 2.19. The molecule has 2 heterocycles. The quantitative estimate of drug-likeness (QED) is 0.625. The van der Waals surface area contributed by atoms with E-state index >= 15 is 0 Å². The van der Waals surface area contributed by atoms with Gasteiger partial charge in [0.05, 0.1) is 5.92 Å². The Hall–Kier alpha value is -2.91. The van der Waals surface area contributed by atoms with E-state index in [0.29, 0.717) is 5.92 Å². The Morgan fingerprint density at radius 2 is 1.57 bits per heavy atom. The number of hydrogen-bond donors (Lipinski definition) is 0. The van der Waals surface area contributed by atoms with Crippen LogP contribution >= 0.6 is 0 Å². The minimum atomic E-state index is -0.292. The fourth-order valence-corrected chi connectivity index (χ4v) is 5.28. The maximum absolute atomic E-state index is 14.2. The lowest BCUT2D eigenvalue weighted by Gasteiger charge is -2.37. The Labute approximate surface area is 178 Å². The number of carbonyl (C=O) groups excluding carboxylic acids is 1. The molecule has 1 saturated heterocycles. The molecule has 3 nitrogen and oxygen atoms in total. The molecule has 0 saturated carbocycles. The number of aryl methyl sites for hydroxylation is 1. The largest absolute Gasteiger partial charge is 0.308 e. The molecule has 2 aliphatic heterocycles. The first-order chi connectivity index (χ1) is 14.6. The second-order valence-corrected chi connectivity index (χ2v) is 8.75. The van der Waals surface area contributed by atoms with Gasteiger partial charge in [-0.25, -0.2) is 0 Å². The molecular weight excluding hydrogens is 368 g/mol. The van der Waals surface area contributed by atoms with Gasteiger partial charge < -0.3 is 9.80 Å². The molecule has 152 valence electrons. The highest BCUT2D eigenvalue weighted by atomic mass is 16.2. The van der Waals surface area contributed by atoms with Crippen molar-refractivity contribution in [1.29, 1.82) is 0 Å². The summed E-state index contributed by atoms with van der Waals surface area (Å²) in [4.78, 5) is 18.8. The molecule has 0 N–H and O–H groups in total. The predicted octanol–water partition coefficient (Wildman–Crippen LogP) is 4.96. The molecule has 0 bridgehead atoms. The summed E-state index contributed by atoms with van der Waals surface area (Å²) in [6.07, 6.45) is 1.01. The van der Waals surface area contributed by atoms with E-state index in [1.807, 2.05) is 36.4 Å². The first-order valence-corrected chi connectivity index (χ1v) is 10.9. The molecule has 2 atom stereocenters. The number of likely N-dealkylation sites (tertiary alicyclic amines) is 1. The van der Waals surface area contributed by atoms with Gasteiger partial charge in [-0.3, -0.25) is 4.79 Å². The van der Waals surface area contributed by atoms with Crippen molar-refractivity contribution in [3.8, 4) is 0 Å². The molecule has 3 heteroatoms. The maximum Gasteiger partial charge on any atom is 0.239 e. The van der Waals surface area contributed by atoms with Crippen LogP contribution in [0.5, 0.6) is 0 Å². The summed E-state index contributed by atoms with van der Waals surface area (Å²) in [5.41, 5.74) is 5.81. The summed E-state index contributed by atoms with van der Waals surface area (Å²) in [6.45, 7) is 4.18. The molecule has 0 unspecified atom stereocenters. The van der Waals surface area contributed by atoms with Crippen molar-refractivity contribution < 1.29 is 4.79 Å². The van der Waals surface area contributed by atoms with E-state index in [-0.39, 0.29) is 17.9 Å². The minimum absolute atomic E-state index is 0.189. The Kier molecular flexibility index (Phi) is 4.92. The number of piperidine rings is 1. The lowest BCUT2D eigenvalue weighted by atomic mass is 9.87. The van der Waals surface area contributed by atoms with E-state index in [1.54, 1.807) is 0 Å². The summed E-state index contributed by atoms with van der Waals surface area (Å²) in [6, 6.07) is 27.3. The number of carbonyl (C=O) groups is 1. The highest BCUT2D eigenvalue weighted by molar-refractivity contribution is 6.02. The molecular formula is C27H28N2O. The number of benzene rings is 3. The standard InChI is InChI=1S/C27H28N2O/c1-19-13-14-24-22(17-19)23-18-28(2)16-15-25(23)29(24)27(30)26(20-9-5-3-6-10-20)21-11-7-4-8-12-21/h3-14,17,23,25-26H,15-16,18H2,1-2H3/t23-,25-/m0/s1. The first kappa shape index (κ1) is 19.1. The van der Waals surface area contributed by atoms with Crippen LogP contribution in [0.1, 0.15) is 40.5 Å². The minimum Gasteiger partial charge on any atom is -0.308 e. The molecule has 0 radical (unpaired) electrons. The van der Waals surface area contributed by atoms with E-state index in [1.165, 1.54) is 11.1 Å². The second kappa shape index (κ2) is 7.73. The van der Waals surface area contributed by atoms with Gasteiger partial charge in [0.1, 0.15) is 0 Å². The Morgan fingerprint density at radius 3 is 2.20 bits per heavy atom. The average molecular weight is 397 g/mol. The van der Waals surface area contributed by atoms with E-state index < -0.39 is 0 Å². The van der Waals surface area contributed by atoms with Gasteiger partial charge >= 0.3 is 0 Å². The molecule has 30 heavy (non-hydrogen) atoms. The van der Waals surface area contributed by atoms with Gasteiger partial charge in [0.15, 0.2) is 0 Å². The lowest BCUT2D eigenvalue weighted by Crippen LogP contribution is -2.48. The van der Waals surface area contributed by atoms with Gasteiger partial charge in [0.25, 0.3) is 0 Å². The van der Waals surface area contributed by atoms with Crippen molar-refractivity contribution in [2.75, 3.05) is 25.0 Å². The zero-order valence-electron chi connectivity index (χ0n) is 17.7. The van der Waals surface area contributed by atoms with Crippen molar-refractivity contribution in [2.24, 2.45) is 0 Å². The number of hydrogen-bond acceptors (Lipinski definition) is 2. The smallest absolute Gasteiger partial charge is 0.239 e. The molecule has 1 fully saturated rings. The summed E-state index contributed by atoms with van der Waals surface area (Å²) in [5, 5.41) is 0. The van der Waals surface area contributed by atoms with Crippen LogP contribution in [0.2, 0.25) is 0 Å². The van der Waals surface area contributed by atoms with E-state index in [0.717, 1.165) is 36.3 Å². The van der Waals surface area contributed by atoms with Crippen LogP contribution in [0.4, 0.5) is 5.69 Å². The SMILES string of the molecule is Cc1ccc2c(c1)[C@@H]1CN(C)CC[C@@H]1N2C(=O)C(c1ccccc1)c1ccccc1. The van der Waals surface area contributed by atoms with Crippen molar-refractivity contribution in [3.63, 3.8) is 0 Å².